The molecule has 0 fully saturated rings. The van der Waals surface area contributed by atoms with E-state index < -0.39 is 6.10 Å². The second kappa shape index (κ2) is 6.98. The molecule has 0 bridgehead atoms. The van der Waals surface area contributed by atoms with E-state index in [4.69, 9.17) is 11.6 Å². The molecule has 0 heterocycles. The van der Waals surface area contributed by atoms with Crippen molar-refractivity contribution in [2.24, 2.45) is 0 Å². The van der Waals surface area contributed by atoms with E-state index in [2.05, 4.69) is 5.11 Å². The summed E-state index contributed by atoms with van der Waals surface area (Å²) in [6, 6.07) is 0. The summed E-state index contributed by atoms with van der Waals surface area (Å²) >= 11 is 0. The maximum atomic E-state index is 8.36. The van der Waals surface area contributed by atoms with Crippen LogP contribution in [0.4, 0.5) is 0 Å². The minimum atomic E-state index is -0.905. The molecule has 7 heavy (non-hydrogen) atoms. The molecule has 41 valence electrons. The molecule has 0 aliphatic carbocycles. The Morgan fingerprint density at radius 3 is 2.29 bits per heavy atom. The van der Waals surface area contributed by atoms with Gasteiger partial charge in [-0.1, -0.05) is 0 Å². The quantitative estimate of drug-likeness (QED) is 0.489. The van der Waals surface area contributed by atoms with E-state index in [-0.39, 0.29) is 45.9 Å². The van der Waals surface area contributed by atoms with Gasteiger partial charge < -0.3 is 15.3 Å². The van der Waals surface area contributed by atoms with Crippen molar-refractivity contribution in [3.8, 4) is 0 Å². The molecule has 0 aliphatic rings. The summed E-state index contributed by atoms with van der Waals surface area (Å²) in [5.41, 5.74) is 0. The number of hydrogen-bond acceptors (Lipinski definition) is 3. The Balaban J connectivity index is 0. The molecule has 0 amide bonds. The molecule has 4 heteroatoms. The van der Waals surface area contributed by atoms with Gasteiger partial charge >= 0.3 is 0 Å². The predicted octanol–water partition coefficient (Wildman–Crippen LogP) is -1.67. The van der Waals surface area contributed by atoms with E-state index in [1.165, 1.54) is 0 Å². The van der Waals surface area contributed by atoms with Gasteiger partial charge in [0.25, 0.3) is 0 Å². The van der Waals surface area contributed by atoms with Crippen LogP contribution in [0.5, 0.6) is 0 Å². The van der Waals surface area contributed by atoms with Crippen molar-refractivity contribution in [3.63, 3.8) is 0 Å². The molecule has 3 nitrogen and oxygen atoms in total. The predicted molar refractivity (Wildman–Crippen MR) is 20.2 cm³/mol. The molecule has 0 saturated heterocycles. The Bertz CT molecular complexity index is 45.5. The SMILES string of the molecule is [2H]OCC(O)CO.[Y]. The first-order valence-electron chi connectivity index (χ1n) is 2.09. The van der Waals surface area contributed by atoms with Gasteiger partial charge in [0.05, 0.1) is 13.2 Å². The Morgan fingerprint density at radius 1 is 1.57 bits per heavy atom. The summed E-state index contributed by atoms with van der Waals surface area (Å²) in [6.07, 6.45) is -0.905. The first kappa shape index (κ1) is 7.98. The van der Waals surface area contributed by atoms with E-state index in [1.54, 1.807) is 0 Å². The second-order valence-corrected chi connectivity index (χ2v) is 1.00. The minimum absolute atomic E-state index is 0. The van der Waals surface area contributed by atoms with Crippen LogP contribution in [0.25, 0.3) is 0 Å². The Labute approximate surface area is 68.7 Å². The van der Waals surface area contributed by atoms with E-state index >= 15 is 0 Å². The second-order valence-electron chi connectivity index (χ2n) is 1.00. The van der Waals surface area contributed by atoms with Gasteiger partial charge in [-0.3, -0.25) is 0 Å². The molecule has 0 saturated carbocycles. The zero-order valence-electron chi connectivity index (χ0n) is 4.87. The van der Waals surface area contributed by atoms with Crippen LogP contribution in [-0.2, 0) is 32.7 Å². The van der Waals surface area contributed by atoms with Crippen LogP contribution in [0.2, 0.25) is 0 Å². The summed E-state index contributed by atoms with van der Waals surface area (Å²) in [5.74, 6) is 0. The molecule has 1 unspecified atom stereocenters. The van der Waals surface area contributed by atoms with Crippen LogP contribution < -0.4 is 0 Å². The molecule has 0 aliphatic heterocycles. The van der Waals surface area contributed by atoms with Crippen molar-refractivity contribution in [2.75, 3.05) is 13.2 Å². The molecule has 0 rings (SSSR count). The van der Waals surface area contributed by atoms with Crippen LogP contribution in [0, 0.1) is 0 Å². The van der Waals surface area contributed by atoms with Crippen LogP contribution >= 0.6 is 0 Å². The molecular formula is C3H8O3Y. The van der Waals surface area contributed by atoms with Crippen LogP contribution in [0.3, 0.4) is 0 Å². The molecule has 0 aromatic rings. The van der Waals surface area contributed by atoms with Crippen molar-refractivity contribution >= 4 is 0 Å². The third-order valence-electron chi connectivity index (χ3n) is 0.403. The molecule has 0 aromatic heterocycles. The molecule has 1 atom stereocenters. The first-order chi connectivity index (χ1) is 3.31. The van der Waals surface area contributed by atoms with Gasteiger partial charge in [-0.05, 0) is 0 Å². The minimum Gasteiger partial charge on any atom is -0.394 e. The first-order valence-corrected chi connectivity index (χ1v) is 1.68. The number of aliphatic hydroxyl groups is 3. The monoisotopic (exact) mass is 182 g/mol. The molecule has 1 radical (unpaired) electrons. The standard InChI is InChI=1S/C3H8O3.Y/c4-1-3(6)2-5;/h3-6H,1-2H2;/i4D;. The van der Waals surface area contributed by atoms with Crippen molar-refractivity contribution < 1.29 is 48.0 Å². The van der Waals surface area contributed by atoms with E-state index in [0.717, 1.165) is 0 Å². The molecule has 0 aromatic carbocycles. The van der Waals surface area contributed by atoms with Crippen molar-refractivity contribution in [1.82, 2.24) is 0 Å². The van der Waals surface area contributed by atoms with Crippen molar-refractivity contribution in [3.05, 3.63) is 0 Å². The third-order valence-corrected chi connectivity index (χ3v) is 0.403. The van der Waals surface area contributed by atoms with Gasteiger partial charge in [-0.25, -0.2) is 0 Å². The molecular weight excluding hydrogens is 173 g/mol. The van der Waals surface area contributed by atoms with E-state index in [1.807, 2.05) is 0 Å². The topological polar surface area (TPSA) is 60.7 Å². The average molecular weight is 182 g/mol. The van der Waals surface area contributed by atoms with Gasteiger partial charge in [0.15, 0.2) is 0 Å². The van der Waals surface area contributed by atoms with Gasteiger partial charge in [-0.15, -0.1) is 0 Å². The van der Waals surface area contributed by atoms with Crippen molar-refractivity contribution in [1.29, 1.82) is 1.43 Å². The summed E-state index contributed by atoms with van der Waals surface area (Å²) in [4.78, 5) is 0. The fourth-order valence-corrected chi connectivity index (χ4v) is 0.0527. The summed E-state index contributed by atoms with van der Waals surface area (Å²) in [7, 11) is 0. The van der Waals surface area contributed by atoms with Gasteiger partial charge in [0.1, 0.15) is 6.10 Å². The maximum Gasteiger partial charge on any atom is 0.210 e. The summed E-state index contributed by atoms with van der Waals surface area (Å²) in [5, 5.41) is 20.1. The van der Waals surface area contributed by atoms with Crippen LogP contribution in [0.1, 0.15) is 0 Å². The smallest absolute Gasteiger partial charge is 0.210 e. The maximum absolute atomic E-state index is 8.36. The normalized spacial score (nSPS) is 14.3. The Morgan fingerprint density at radius 2 is 2.14 bits per heavy atom. The van der Waals surface area contributed by atoms with Crippen LogP contribution in [-0.4, -0.2) is 36.1 Å². The largest absolute Gasteiger partial charge is 0.394 e. The van der Waals surface area contributed by atoms with Gasteiger partial charge in [-0.2, -0.15) is 0 Å². The van der Waals surface area contributed by atoms with E-state index in [0.29, 0.717) is 0 Å². The Hall–Kier alpha value is 0.984. The molecule has 0 spiro atoms. The van der Waals surface area contributed by atoms with Crippen molar-refractivity contribution in [2.45, 2.75) is 6.10 Å². The zero-order chi connectivity index (χ0) is 5.70. The van der Waals surface area contributed by atoms with Gasteiger partial charge in [0.2, 0.25) is 1.43 Å². The zero-order valence-corrected chi connectivity index (χ0v) is 6.71. The molecule has 3 N–H and O–H groups in total. The van der Waals surface area contributed by atoms with E-state index in [9.17, 15) is 0 Å². The average Bonchev–Trinajstić information content (AvgIpc) is 1.68. The summed E-state index contributed by atoms with van der Waals surface area (Å²) < 4.78 is 6.07. The fourth-order valence-electron chi connectivity index (χ4n) is 0.0527. The fraction of sp³-hybridized carbons (Fsp3) is 1.00. The number of aliphatic hydroxyl groups excluding tert-OH is 3. The van der Waals surface area contributed by atoms with Gasteiger partial charge in [0, 0.05) is 32.7 Å². The number of rotatable bonds is 3. The third kappa shape index (κ3) is 6.98. The summed E-state index contributed by atoms with van der Waals surface area (Å²) in [6.45, 7) is -0.477. The van der Waals surface area contributed by atoms with Crippen LogP contribution in [0.15, 0.2) is 0 Å². The number of hydrogen-bond donors (Lipinski definition) is 3. The Kier molecular flexibility index (Phi) is 7.97.